The lowest BCUT2D eigenvalue weighted by Crippen LogP contribution is -2.54. The maximum absolute atomic E-state index is 3.64. The molecule has 3 heterocycles. The van der Waals surface area contributed by atoms with Crippen molar-refractivity contribution in [2.45, 2.75) is 45.3 Å². The zero-order valence-corrected chi connectivity index (χ0v) is 15.0. The number of rotatable bonds is 4. The molecular formula is C20H30N4. The van der Waals surface area contributed by atoms with Crippen molar-refractivity contribution in [3.63, 3.8) is 0 Å². The quantitative estimate of drug-likeness (QED) is 0.906. The second-order valence-corrected chi connectivity index (χ2v) is 7.74. The molecule has 130 valence electrons. The van der Waals surface area contributed by atoms with Gasteiger partial charge in [-0.15, -0.1) is 0 Å². The molecule has 1 aromatic carbocycles. The van der Waals surface area contributed by atoms with E-state index in [4.69, 9.17) is 0 Å². The molecule has 4 rings (SSSR count). The van der Waals surface area contributed by atoms with Crippen molar-refractivity contribution < 1.29 is 0 Å². The van der Waals surface area contributed by atoms with Crippen LogP contribution in [0.25, 0.3) is 10.9 Å². The molecular weight excluding hydrogens is 296 g/mol. The molecule has 0 aliphatic carbocycles. The van der Waals surface area contributed by atoms with Crippen LogP contribution in [0.2, 0.25) is 0 Å². The molecule has 4 nitrogen and oxygen atoms in total. The van der Waals surface area contributed by atoms with Gasteiger partial charge < -0.3 is 15.2 Å². The van der Waals surface area contributed by atoms with Gasteiger partial charge in [-0.2, -0.15) is 0 Å². The van der Waals surface area contributed by atoms with Crippen molar-refractivity contribution >= 4 is 10.9 Å². The summed E-state index contributed by atoms with van der Waals surface area (Å²) in [5, 5.41) is 5.04. The lowest BCUT2D eigenvalue weighted by atomic mass is 10.0. The second kappa shape index (κ2) is 6.87. The topological polar surface area (TPSA) is 34.3 Å². The summed E-state index contributed by atoms with van der Waals surface area (Å²) in [5.74, 6) is 0. The average molecular weight is 326 g/mol. The number of hydrogen-bond acceptors (Lipinski definition) is 3. The van der Waals surface area contributed by atoms with E-state index in [-0.39, 0.29) is 0 Å². The van der Waals surface area contributed by atoms with Crippen molar-refractivity contribution in [3.05, 3.63) is 35.5 Å². The first kappa shape index (κ1) is 16.1. The molecule has 2 aliphatic rings. The van der Waals surface area contributed by atoms with Gasteiger partial charge in [-0.3, -0.25) is 4.90 Å². The van der Waals surface area contributed by atoms with E-state index in [0.29, 0.717) is 12.1 Å². The van der Waals surface area contributed by atoms with Crippen LogP contribution < -0.4 is 5.32 Å². The molecule has 1 fully saturated rings. The molecule has 0 saturated carbocycles. The largest absolute Gasteiger partial charge is 0.357 e. The summed E-state index contributed by atoms with van der Waals surface area (Å²) >= 11 is 0. The molecule has 24 heavy (non-hydrogen) atoms. The number of para-hydroxylation sites is 1. The third-order valence-electron chi connectivity index (χ3n) is 5.54. The molecule has 4 heteroatoms. The molecule has 0 bridgehead atoms. The van der Waals surface area contributed by atoms with Gasteiger partial charge in [0, 0.05) is 54.9 Å². The van der Waals surface area contributed by atoms with Gasteiger partial charge >= 0.3 is 0 Å². The summed E-state index contributed by atoms with van der Waals surface area (Å²) in [6.45, 7) is 11.7. The minimum Gasteiger partial charge on any atom is -0.357 e. The van der Waals surface area contributed by atoms with E-state index in [1.165, 1.54) is 62.2 Å². The number of fused-ring (bicyclic) bond motifs is 3. The first-order valence-electron chi connectivity index (χ1n) is 9.48. The molecule has 2 N–H and O–H groups in total. The first-order chi connectivity index (χ1) is 11.7. The summed E-state index contributed by atoms with van der Waals surface area (Å²) in [6, 6.07) is 9.98. The van der Waals surface area contributed by atoms with Crippen LogP contribution in [0.5, 0.6) is 0 Å². The van der Waals surface area contributed by atoms with E-state index in [1.54, 1.807) is 5.56 Å². The lowest BCUT2D eigenvalue weighted by molar-refractivity contribution is 0.159. The molecule has 0 spiro atoms. The molecule has 0 radical (unpaired) electrons. The Balaban J connectivity index is 1.31. The normalized spacial score (nSPS) is 25.9. The number of hydrogen-bond donors (Lipinski definition) is 2. The number of nitrogens with one attached hydrogen (secondary N) is 2. The fourth-order valence-corrected chi connectivity index (χ4v) is 4.58. The molecule has 0 amide bonds. The number of aromatic nitrogens is 1. The molecule has 1 saturated heterocycles. The molecule has 1 aromatic heterocycles. The summed E-state index contributed by atoms with van der Waals surface area (Å²) in [6.07, 6.45) is 2.45. The minimum absolute atomic E-state index is 0.623. The van der Waals surface area contributed by atoms with Crippen LogP contribution in [-0.4, -0.2) is 59.6 Å². The van der Waals surface area contributed by atoms with Gasteiger partial charge in [-0.05, 0) is 51.4 Å². The zero-order chi connectivity index (χ0) is 16.5. The van der Waals surface area contributed by atoms with Crippen LogP contribution in [0.15, 0.2) is 24.3 Å². The SMILES string of the molecule is C[C@H]1CN(CCCN2CCc3c([nH]c4ccccc34)C2)C[C@H](C)N1. The predicted molar refractivity (Wildman–Crippen MR) is 100 cm³/mol. The highest BCUT2D eigenvalue weighted by Crippen LogP contribution is 2.27. The number of aromatic amines is 1. The highest BCUT2D eigenvalue weighted by atomic mass is 15.2. The maximum Gasteiger partial charge on any atom is 0.0459 e. The van der Waals surface area contributed by atoms with Gasteiger partial charge in [0.2, 0.25) is 0 Å². The van der Waals surface area contributed by atoms with Gasteiger partial charge in [0.15, 0.2) is 0 Å². The standard InChI is InChI=1S/C20H30N4/c1-15-12-24(13-16(2)21-15)10-5-9-23-11-8-18-17-6-3-4-7-19(17)22-20(18)14-23/h3-4,6-7,15-16,21-22H,5,8-14H2,1-2H3/t15-,16-/m0/s1. The second-order valence-electron chi connectivity index (χ2n) is 7.74. The van der Waals surface area contributed by atoms with E-state index in [1.807, 2.05) is 0 Å². The predicted octanol–water partition coefficient (Wildman–Crippen LogP) is 2.60. The van der Waals surface area contributed by atoms with Gasteiger partial charge in [0.1, 0.15) is 0 Å². The molecule has 2 aromatic rings. The Hall–Kier alpha value is -1.36. The van der Waals surface area contributed by atoms with Crippen molar-refractivity contribution in [1.82, 2.24) is 20.1 Å². The molecule has 0 unspecified atom stereocenters. The average Bonchev–Trinajstić information content (AvgIpc) is 2.91. The summed E-state index contributed by atoms with van der Waals surface area (Å²) in [4.78, 5) is 8.88. The van der Waals surface area contributed by atoms with Crippen LogP contribution in [-0.2, 0) is 13.0 Å². The molecule has 2 atom stereocenters. The number of H-pyrrole nitrogens is 1. The summed E-state index contributed by atoms with van der Waals surface area (Å²) < 4.78 is 0. The Morgan fingerprint density at radius 2 is 1.79 bits per heavy atom. The Morgan fingerprint density at radius 1 is 1.04 bits per heavy atom. The van der Waals surface area contributed by atoms with E-state index in [9.17, 15) is 0 Å². The smallest absolute Gasteiger partial charge is 0.0459 e. The minimum atomic E-state index is 0.623. The third-order valence-corrected chi connectivity index (χ3v) is 5.54. The van der Waals surface area contributed by atoms with Crippen LogP contribution in [0.3, 0.4) is 0 Å². The Kier molecular flexibility index (Phi) is 4.61. The maximum atomic E-state index is 3.64. The van der Waals surface area contributed by atoms with Crippen molar-refractivity contribution in [1.29, 1.82) is 0 Å². The van der Waals surface area contributed by atoms with Gasteiger partial charge in [-0.1, -0.05) is 18.2 Å². The van der Waals surface area contributed by atoms with Crippen LogP contribution >= 0.6 is 0 Å². The molecule has 2 aliphatic heterocycles. The van der Waals surface area contributed by atoms with Gasteiger partial charge in [-0.25, -0.2) is 0 Å². The highest BCUT2D eigenvalue weighted by Gasteiger charge is 2.22. The van der Waals surface area contributed by atoms with Crippen LogP contribution in [0, 0.1) is 0 Å². The Morgan fingerprint density at radius 3 is 2.62 bits per heavy atom. The van der Waals surface area contributed by atoms with Crippen LogP contribution in [0.4, 0.5) is 0 Å². The number of piperazine rings is 1. The van der Waals surface area contributed by atoms with E-state index >= 15 is 0 Å². The third kappa shape index (κ3) is 3.37. The monoisotopic (exact) mass is 326 g/mol. The number of nitrogens with zero attached hydrogens (tertiary/aromatic N) is 2. The Labute approximate surface area is 145 Å². The van der Waals surface area contributed by atoms with Gasteiger partial charge in [0.05, 0.1) is 0 Å². The van der Waals surface area contributed by atoms with E-state index in [0.717, 1.165) is 6.54 Å². The highest BCUT2D eigenvalue weighted by molar-refractivity contribution is 5.84. The summed E-state index contributed by atoms with van der Waals surface area (Å²) in [5.41, 5.74) is 4.28. The zero-order valence-electron chi connectivity index (χ0n) is 15.0. The number of benzene rings is 1. The van der Waals surface area contributed by atoms with Gasteiger partial charge in [0.25, 0.3) is 0 Å². The first-order valence-corrected chi connectivity index (χ1v) is 9.48. The van der Waals surface area contributed by atoms with Crippen LogP contribution in [0.1, 0.15) is 31.5 Å². The fraction of sp³-hybridized carbons (Fsp3) is 0.600. The lowest BCUT2D eigenvalue weighted by Gasteiger charge is -2.36. The van der Waals surface area contributed by atoms with Crippen molar-refractivity contribution in [2.24, 2.45) is 0 Å². The van der Waals surface area contributed by atoms with E-state index in [2.05, 4.69) is 58.2 Å². The Bertz CT molecular complexity index is 682. The van der Waals surface area contributed by atoms with E-state index < -0.39 is 0 Å². The van der Waals surface area contributed by atoms with Crippen molar-refractivity contribution in [3.8, 4) is 0 Å². The fourth-order valence-electron chi connectivity index (χ4n) is 4.58. The summed E-state index contributed by atoms with van der Waals surface area (Å²) in [7, 11) is 0. The van der Waals surface area contributed by atoms with Crippen molar-refractivity contribution in [2.75, 3.05) is 32.7 Å².